The van der Waals surface area contributed by atoms with Crippen LogP contribution >= 0.6 is 0 Å². The highest BCUT2D eigenvalue weighted by atomic mass is 16.5. The maximum absolute atomic E-state index is 11.5. The quantitative estimate of drug-likeness (QED) is 0.666. The van der Waals surface area contributed by atoms with E-state index in [0.717, 1.165) is 29.9 Å². The molecule has 7 nitrogen and oxygen atoms in total. The lowest BCUT2D eigenvalue weighted by Crippen LogP contribution is -2.50. The number of carbonyl (C=O) groups excluding carboxylic acids is 1. The van der Waals surface area contributed by atoms with E-state index in [1.54, 1.807) is 4.90 Å². The minimum atomic E-state index is -0.320. The van der Waals surface area contributed by atoms with Gasteiger partial charge in [0.25, 0.3) is 0 Å². The fourth-order valence-corrected chi connectivity index (χ4v) is 3.00. The molecule has 1 aliphatic carbocycles. The molecule has 0 atom stereocenters. The number of benzene rings is 1. The first-order valence-corrected chi connectivity index (χ1v) is 9.05. The second-order valence-electron chi connectivity index (χ2n) is 6.66. The summed E-state index contributed by atoms with van der Waals surface area (Å²) >= 11 is 0. The third-order valence-electron chi connectivity index (χ3n) is 4.89. The SMILES string of the molecule is COC(=O)N1CCN(C(=N)/N=C(\C)c2cccc(OC3CCC3)c2)CC1. The summed E-state index contributed by atoms with van der Waals surface area (Å²) in [7, 11) is 1.38. The van der Waals surface area contributed by atoms with Gasteiger partial charge in [-0.1, -0.05) is 12.1 Å². The number of guanidine groups is 1. The van der Waals surface area contributed by atoms with Crippen molar-refractivity contribution in [2.45, 2.75) is 32.3 Å². The molecular formula is C19H26N4O3. The maximum Gasteiger partial charge on any atom is 0.409 e. The Balaban J connectivity index is 1.59. The molecule has 0 radical (unpaired) electrons. The summed E-state index contributed by atoms with van der Waals surface area (Å²) in [6.45, 7) is 4.13. The van der Waals surface area contributed by atoms with Gasteiger partial charge in [0.15, 0.2) is 0 Å². The van der Waals surface area contributed by atoms with Gasteiger partial charge in [0.05, 0.1) is 13.2 Å². The highest BCUT2D eigenvalue weighted by molar-refractivity contribution is 6.05. The van der Waals surface area contributed by atoms with Crippen LogP contribution in [-0.4, -0.2) is 67.0 Å². The summed E-state index contributed by atoms with van der Waals surface area (Å²) < 4.78 is 10.7. The van der Waals surface area contributed by atoms with Crippen molar-refractivity contribution in [2.75, 3.05) is 33.3 Å². The molecule has 26 heavy (non-hydrogen) atoms. The molecular weight excluding hydrogens is 332 g/mol. The molecule has 1 N–H and O–H groups in total. The Kier molecular flexibility index (Phi) is 5.75. The van der Waals surface area contributed by atoms with E-state index in [0.29, 0.717) is 32.3 Å². The Labute approximate surface area is 154 Å². The predicted molar refractivity (Wildman–Crippen MR) is 100 cm³/mol. The van der Waals surface area contributed by atoms with E-state index in [9.17, 15) is 4.79 Å². The van der Waals surface area contributed by atoms with Gasteiger partial charge in [-0.2, -0.15) is 0 Å². The number of nitrogens with zero attached hydrogens (tertiary/aromatic N) is 3. The summed E-state index contributed by atoms with van der Waals surface area (Å²) in [6.07, 6.45) is 3.51. The van der Waals surface area contributed by atoms with Crippen molar-refractivity contribution in [1.29, 1.82) is 5.41 Å². The van der Waals surface area contributed by atoms with Crippen molar-refractivity contribution in [2.24, 2.45) is 4.99 Å². The highest BCUT2D eigenvalue weighted by Gasteiger charge is 2.23. The number of ether oxygens (including phenoxy) is 2. The lowest BCUT2D eigenvalue weighted by molar-refractivity contribution is 0.106. The van der Waals surface area contributed by atoms with E-state index < -0.39 is 0 Å². The topological polar surface area (TPSA) is 78.2 Å². The van der Waals surface area contributed by atoms with Gasteiger partial charge in [-0.25, -0.2) is 9.79 Å². The summed E-state index contributed by atoms with van der Waals surface area (Å²) in [5.41, 5.74) is 1.74. The second kappa shape index (κ2) is 8.21. The number of carbonyl (C=O) groups is 1. The molecule has 1 heterocycles. The van der Waals surface area contributed by atoms with Gasteiger partial charge in [-0.3, -0.25) is 5.41 Å². The first-order valence-electron chi connectivity index (χ1n) is 9.05. The molecule has 1 saturated heterocycles. The lowest BCUT2D eigenvalue weighted by atomic mass is 9.96. The molecule has 1 aromatic rings. The molecule has 1 aliphatic heterocycles. The molecule has 140 valence electrons. The fraction of sp³-hybridized carbons (Fsp3) is 0.526. The molecule has 3 rings (SSSR count). The minimum absolute atomic E-state index is 0.220. The first-order chi connectivity index (χ1) is 12.6. The number of nitrogens with one attached hydrogen (secondary N) is 1. The number of rotatable bonds is 3. The van der Waals surface area contributed by atoms with Crippen LogP contribution in [0.25, 0.3) is 0 Å². The monoisotopic (exact) mass is 358 g/mol. The molecule has 0 unspecified atom stereocenters. The number of methoxy groups -OCH3 is 1. The van der Waals surface area contributed by atoms with Crippen LogP contribution in [0.5, 0.6) is 5.75 Å². The smallest absolute Gasteiger partial charge is 0.409 e. The zero-order valence-electron chi connectivity index (χ0n) is 15.4. The Bertz CT molecular complexity index is 692. The van der Waals surface area contributed by atoms with E-state index >= 15 is 0 Å². The van der Waals surface area contributed by atoms with Crippen molar-refractivity contribution in [3.63, 3.8) is 0 Å². The van der Waals surface area contributed by atoms with E-state index in [1.165, 1.54) is 13.5 Å². The average molecular weight is 358 g/mol. The standard InChI is InChI=1S/C19H26N4O3/c1-14(15-5-3-8-17(13-15)26-16-6-4-7-16)21-18(20)22-9-11-23(12-10-22)19(24)25-2/h3,5,8,13,16,20H,4,6-7,9-12H2,1-2H3/b20-18?,21-14+. The van der Waals surface area contributed by atoms with Crippen LogP contribution < -0.4 is 4.74 Å². The zero-order valence-corrected chi connectivity index (χ0v) is 15.4. The maximum atomic E-state index is 11.5. The second-order valence-corrected chi connectivity index (χ2v) is 6.66. The molecule has 0 bridgehead atoms. The average Bonchev–Trinajstić information content (AvgIpc) is 2.64. The van der Waals surface area contributed by atoms with Gasteiger partial charge in [0.2, 0.25) is 5.96 Å². The zero-order chi connectivity index (χ0) is 18.5. The fourth-order valence-electron chi connectivity index (χ4n) is 3.00. The summed E-state index contributed by atoms with van der Waals surface area (Å²) in [6, 6.07) is 7.89. The molecule has 7 heteroatoms. The van der Waals surface area contributed by atoms with Crippen LogP contribution in [0.4, 0.5) is 4.79 Å². The molecule has 0 aromatic heterocycles. The lowest BCUT2D eigenvalue weighted by Gasteiger charge is -2.34. The summed E-state index contributed by atoms with van der Waals surface area (Å²) in [4.78, 5) is 19.5. The Morgan fingerprint density at radius 2 is 1.88 bits per heavy atom. The van der Waals surface area contributed by atoms with Gasteiger partial charge in [-0.05, 0) is 43.9 Å². The van der Waals surface area contributed by atoms with Gasteiger partial charge >= 0.3 is 6.09 Å². The number of amides is 1. The molecule has 2 fully saturated rings. The van der Waals surface area contributed by atoms with Crippen LogP contribution in [-0.2, 0) is 4.74 Å². The van der Waals surface area contributed by atoms with E-state index in [-0.39, 0.29) is 12.1 Å². The van der Waals surface area contributed by atoms with E-state index in [1.807, 2.05) is 36.1 Å². The Morgan fingerprint density at radius 1 is 1.19 bits per heavy atom. The van der Waals surface area contributed by atoms with Crippen LogP contribution in [0.2, 0.25) is 0 Å². The Morgan fingerprint density at radius 3 is 2.50 bits per heavy atom. The summed E-state index contributed by atoms with van der Waals surface area (Å²) in [5.74, 6) is 1.08. The van der Waals surface area contributed by atoms with Crippen molar-refractivity contribution < 1.29 is 14.3 Å². The predicted octanol–water partition coefficient (Wildman–Crippen LogP) is 2.75. The van der Waals surface area contributed by atoms with Gasteiger partial charge in [-0.15, -0.1) is 0 Å². The van der Waals surface area contributed by atoms with Crippen molar-refractivity contribution in [3.05, 3.63) is 29.8 Å². The first kappa shape index (κ1) is 18.2. The van der Waals surface area contributed by atoms with Crippen molar-refractivity contribution in [3.8, 4) is 5.75 Å². The normalized spacial score (nSPS) is 18.3. The number of hydrogen-bond acceptors (Lipinski definition) is 4. The molecule has 0 spiro atoms. The van der Waals surface area contributed by atoms with Crippen LogP contribution in [0, 0.1) is 5.41 Å². The third-order valence-corrected chi connectivity index (χ3v) is 4.89. The van der Waals surface area contributed by atoms with E-state index in [2.05, 4.69) is 4.99 Å². The van der Waals surface area contributed by atoms with Crippen molar-refractivity contribution in [1.82, 2.24) is 9.80 Å². The Hall–Kier alpha value is -2.57. The van der Waals surface area contributed by atoms with Crippen LogP contribution in [0.1, 0.15) is 31.7 Å². The summed E-state index contributed by atoms with van der Waals surface area (Å²) in [5, 5.41) is 8.26. The highest BCUT2D eigenvalue weighted by Crippen LogP contribution is 2.25. The van der Waals surface area contributed by atoms with Gasteiger partial charge in [0.1, 0.15) is 5.75 Å². The van der Waals surface area contributed by atoms with Crippen LogP contribution in [0.15, 0.2) is 29.3 Å². The van der Waals surface area contributed by atoms with E-state index in [4.69, 9.17) is 14.9 Å². The van der Waals surface area contributed by atoms with Crippen LogP contribution in [0.3, 0.4) is 0 Å². The number of hydrogen-bond donors (Lipinski definition) is 1. The molecule has 2 aliphatic rings. The molecule has 1 aromatic carbocycles. The number of piperazine rings is 1. The molecule has 1 saturated carbocycles. The van der Waals surface area contributed by atoms with Gasteiger partial charge in [0, 0.05) is 31.9 Å². The third kappa shape index (κ3) is 4.33. The number of aliphatic imine (C=N–C) groups is 1. The van der Waals surface area contributed by atoms with Gasteiger partial charge < -0.3 is 19.3 Å². The largest absolute Gasteiger partial charge is 0.490 e. The van der Waals surface area contributed by atoms with Crippen molar-refractivity contribution >= 4 is 17.8 Å². The minimum Gasteiger partial charge on any atom is -0.490 e. The molecule has 1 amide bonds.